The molecule has 0 bridgehead atoms. The van der Waals surface area contributed by atoms with Gasteiger partial charge in [0, 0.05) is 31.7 Å². The molecular formula is C18H22N4O3. The lowest BCUT2D eigenvalue weighted by Gasteiger charge is -2.31. The quantitative estimate of drug-likeness (QED) is 0.923. The van der Waals surface area contributed by atoms with Gasteiger partial charge < -0.3 is 10.0 Å². The number of carboxylic acids is 1. The normalized spacial score (nSPS) is 20.9. The highest BCUT2D eigenvalue weighted by atomic mass is 16.4. The van der Waals surface area contributed by atoms with E-state index < -0.39 is 11.9 Å². The van der Waals surface area contributed by atoms with Crippen LogP contribution in [0.25, 0.3) is 11.0 Å². The van der Waals surface area contributed by atoms with Crippen LogP contribution in [0.4, 0.5) is 0 Å². The summed E-state index contributed by atoms with van der Waals surface area (Å²) in [4.78, 5) is 30.9. The summed E-state index contributed by atoms with van der Waals surface area (Å²) in [6.45, 7) is 2.76. The molecule has 3 heterocycles. The van der Waals surface area contributed by atoms with Gasteiger partial charge in [0.15, 0.2) is 5.65 Å². The van der Waals surface area contributed by atoms with Gasteiger partial charge in [0.05, 0.1) is 22.6 Å². The van der Waals surface area contributed by atoms with Gasteiger partial charge in [0.25, 0.3) is 5.91 Å². The Morgan fingerprint density at radius 1 is 1.28 bits per heavy atom. The van der Waals surface area contributed by atoms with Gasteiger partial charge >= 0.3 is 5.97 Å². The summed E-state index contributed by atoms with van der Waals surface area (Å²) in [6, 6.07) is 1.90. The molecule has 132 valence electrons. The Kier molecular flexibility index (Phi) is 3.74. The monoisotopic (exact) mass is 342 g/mol. The highest BCUT2D eigenvalue weighted by Gasteiger charge is 2.32. The Balaban J connectivity index is 1.76. The first-order chi connectivity index (χ1) is 12.0. The number of aryl methyl sites for hydroxylation is 2. The molecule has 2 fully saturated rings. The summed E-state index contributed by atoms with van der Waals surface area (Å²) in [7, 11) is 1.84. The third-order valence-corrected chi connectivity index (χ3v) is 5.27. The Labute approximate surface area is 145 Å². The van der Waals surface area contributed by atoms with Crippen molar-refractivity contribution in [2.75, 3.05) is 13.1 Å². The molecular weight excluding hydrogens is 320 g/mol. The maximum absolute atomic E-state index is 13.2. The predicted molar refractivity (Wildman–Crippen MR) is 91.5 cm³/mol. The fraction of sp³-hybridized carbons (Fsp3) is 0.556. The van der Waals surface area contributed by atoms with Gasteiger partial charge in [0.2, 0.25) is 0 Å². The van der Waals surface area contributed by atoms with Gasteiger partial charge in [-0.25, -0.2) is 4.98 Å². The van der Waals surface area contributed by atoms with Crippen molar-refractivity contribution in [2.45, 2.75) is 38.5 Å². The van der Waals surface area contributed by atoms with Gasteiger partial charge in [-0.05, 0) is 38.7 Å². The Morgan fingerprint density at radius 2 is 2.04 bits per heavy atom. The predicted octanol–water partition coefficient (Wildman–Crippen LogP) is 2.09. The lowest BCUT2D eigenvalue weighted by Crippen LogP contribution is -2.42. The zero-order chi connectivity index (χ0) is 17.7. The molecule has 1 atom stereocenters. The zero-order valence-corrected chi connectivity index (χ0v) is 14.5. The Morgan fingerprint density at radius 3 is 2.72 bits per heavy atom. The van der Waals surface area contributed by atoms with Crippen molar-refractivity contribution in [1.82, 2.24) is 19.7 Å². The van der Waals surface area contributed by atoms with E-state index in [1.807, 2.05) is 20.0 Å². The minimum absolute atomic E-state index is 0.101. The molecule has 4 rings (SSSR count). The third-order valence-electron chi connectivity index (χ3n) is 5.27. The van der Waals surface area contributed by atoms with Crippen LogP contribution in [0.15, 0.2) is 6.07 Å². The minimum Gasteiger partial charge on any atom is -0.481 e. The van der Waals surface area contributed by atoms with Gasteiger partial charge in [-0.3, -0.25) is 14.3 Å². The lowest BCUT2D eigenvalue weighted by atomic mass is 9.97. The highest BCUT2D eigenvalue weighted by Crippen LogP contribution is 2.40. The van der Waals surface area contributed by atoms with Crippen molar-refractivity contribution in [3.8, 4) is 0 Å². The number of rotatable bonds is 3. The van der Waals surface area contributed by atoms with E-state index in [2.05, 4.69) is 5.10 Å². The molecule has 2 aromatic rings. The maximum atomic E-state index is 13.2. The second kappa shape index (κ2) is 5.82. The summed E-state index contributed by atoms with van der Waals surface area (Å²) in [5, 5.41) is 14.5. The standard InChI is InChI=1S/C18H22N4O3/c1-10-15-13(17(23)22-7-3-4-12(9-22)18(24)25)8-14(11-5-6-11)19-16(15)21(2)20-10/h8,11-12H,3-7,9H2,1-2H3,(H,24,25)/t12-/m0/s1. The summed E-state index contributed by atoms with van der Waals surface area (Å²) in [5.41, 5.74) is 3.08. The summed E-state index contributed by atoms with van der Waals surface area (Å²) in [6.07, 6.45) is 3.56. The molecule has 0 aromatic carbocycles. The summed E-state index contributed by atoms with van der Waals surface area (Å²) >= 11 is 0. The third kappa shape index (κ3) is 2.77. The van der Waals surface area contributed by atoms with Crippen molar-refractivity contribution < 1.29 is 14.7 Å². The fourth-order valence-electron chi connectivity index (χ4n) is 3.75. The summed E-state index contributed by atoms with van der Waals surface area (Å²) < 4.78 is 1.73. The van der Waals surface area contributed by atoms with E-state index in [1.165, 1.54) is 0 Å². The number of carbonyl (C=O) groups excluding carboxylic acids is 1. The van der Waals surface area contributed by atoms with Gasteiger partial charge in [0.1, 0.15) is 0 Å². The minimum atomic E-state index is -0.825. The molecule has 1 saturated heterocycles. The van der Waals surface area contributed by atoms with Crippen molar-refractivity contribution in [2.24, 2.45) is 13.0 Å². The number of hydrogen-bond acceptors (Lipinski definition) is 4. The van der Waals surface area contributed by atoms with E-state index in [-0.39, 0.29) is 12.5 Å². The van der Waals surface area contributed by atoms with Crippen molar-refractivity contribution >= 4 is 22.9 Å². The van der Waals surface area contributed by atoms with Crippen molar-refractivity contribution in [3.63, 3.8) is 0 Å². The van der Waals surface area contributed by atoms with Crippen LogP contribution in [0, 0.1) is 12.8 Å². The van der Waals surface area contributed by atoms with Crippen LogP contribution < -0.4 is 0 Å². The number of pyridine rings is 1. The van der Waals surface area contributed by atoms with Gasteiger partial charge in [-0.1, -0.05) is 0 Å². The molecule has 2 aliphatic rings. The van der Waals surface area contributed by atoms with E-state index >= 15 is 0 Å². The van der Waals surface area contributed by atoms with Crippen LogP contribution in [0.3, 0.4) is 0 Å². The number of aromatic nitrogens is 3. The average Bonchev–Trinajstić information content (AvgIpc) is 3.41. The molecule has 0 spiro atoms. The van der Waals surface area contributed by atoms with Crippen LogP contribution >= 0.6 is 0 Å². The van der Waals surface area contributed by atoms with Crippen molar-refractivity contribution in [3.05, 3.63) is 23.0 Å². The Bertz CT molecular complexity index is 869. The van der Waals surface area contributed by atoms with Crippen LogP contribution in [-0.4, -0.2) is 49.7 Å². The first kappa shape index (κ1) is 16.1. The average molecular weight is 342 g/mol. The molecule has 1 amide bonds. The number of likely N-dealkylation sites (tertiary alicyclic amines) is 1. The largest absolute Gasteiger partial charge is 0.481 e. The van der Waals surface area contributed by atoms with Gasteiger partial charge in [-0.2, -0.15) is 5.10 Å². The van der Waals surface area contributed by atoms with Crippen molar-refractivity contribution in [1.29, 1.82) is 0 Å². The molecule has 1 saturated carbocycles. The number of carboxylic acid groups (broad SMARTS) is 1. The number of aliphatic carboxylic acids is 1. The van der Waals surface area contributed by atoms with Crippen LogP contribution in [0.5, 0.6) is 0 Å². The number of amides is 1. The molecule has 25 heavy (non-hydrogen) atoms. The topological polar surface area (TPSA) is 88.3 Å². The number of piperidine rings is 1. The lowest BCUT2D eigenvalue weighted by molar-refractivity contribution is -0.143. The second-order valence-electron chi connectivity index (χ2n) is 7.21. The van der Waals surface area contributed by atoms with Crippen LogP contribution in [0.1, 0.15) is 53.3 Å². The molecule has 2 aromatic heterocycles. The molecule has 7 nitrogen and oxygen atoms in total. The van der Waals surface area contributed by atoms with Crippen LogP contribution in [-0.2, 0) is 11.8 Å². The van der Waals surface area contributed by atoms with E-state index in [0.717, 1.165) is 41.7 Å². The molecule has 7 heteroatoms. The molecule has 0 unspecified atom stereocenters. The van der Waals surface area contributed by atoms with Crippen LogP contribution in [0.2, 0.25) is 0 Å². The smallest absolute Gasteiger partial charge is 0.308 e. The molecule has 1 N–H and O–H groups in total. The van der Waals surface area contributed by atoms with Gasteiger partial charge in [-0.15, -0.1) is 0 Å². The number of carbonyl (C=O) groups is 2. The number of hydrogen-bond donors (Lipinski definition) is 1. The molecule has 1 aliphatic heterocycles. The van der Waals surface area contributed by atoms with E-state index in [4.69, 9.17) is 4.98 Å². The second-order valence-corrected chi connectivity index (χ2v) is 7.21. The first-order valence-corrected chi connectivity index (χ1v) is 8.82. The van der Waals surface area contributed by atoms with E-state index in [9.17, 15) is 14.7 Å². The number of nitrogens with zero attached hydrogens (tertiary/aromatic N) is 4. The van der Waals surface area contributed by atoms with E-state index in [1.54, 1.807) is 9.58 Å². The summed E-state index contributed by atoms with van der Waals surface area (Å²) in [5.74, 6) is -0.975. The molecule has 1 aliphatic carbocycles. The first-order valence-electron chi connectivity index (χ1n) is 8.82. The zero-order valence-electron chi connectivity index (χ0n) is 14.5. The number of fused-ring (bicyclic) bond motifs is 1. The Hall–Kier alpha value is -2.44. The fourth-order valence-corrected chi connectivity index (χ4v) is 3.75. The maximum Gasteiger partial charge on any atom is 0.308 e. The molecule has 0 radical (unpaired) electrons. The SMILES string of the molecule is Cc1nn(C)c2nc(C3CC3)cc(C(=O)N3CCC[C@H](C(=O)O)C3)c12. The highest BCUT2D eigenvalue weighted by molar-refractivity contribution is 6.06. The van der Waals surface area contributed by atoms with E-state index in [0.29, 0.717) is 24.4 Å².